The summed E-state index contributed by atoms with van der Waals surface area (Å²) < 4.78 is 2.23. The van der Waals surface area contributed by atoms with E-state index >= 15 is 0 Å². The summed E-state index contributed by atoms with van der Waals surface area (Å²) in [5, 5.41) is 3.68. The normalized spacial score (nSPS) is 22.0. The maximum Gasteiger partial charge on any atom is 0.0487 e. The summed E-state index contributed by atoms with van der Waals surface area (Å²) >= 11 is 7.13. The molecule has 2 aromatic carbocycles. The maximum absolute atomic E-state index is 3.68. The van der Waals surface area contributed by atoms with Crippen molar-refractivity contribution >= 4 is 37.5 Å². The van der Waals surface area contributed by atoms with Crippen LogP contribution in [0.25, 0.3) is 0 Å². The largest absolute Gasteiger partial charge is 0.381 e. The minimum absolute atomic E-state index is 0.586. The third-order valence-electron chi connectivity index (χ3n) is 4.29. The Morgan fingerprint density at radius 2 is 1.57 bits per heavy atom. The van der Waals surface area contributed by atoms with Crippen LogP contribution in [0.1, 0.15) is 37.2 Å². The number of halogens is 2. The maximum atomic E-state index is 3.68. The van der Waals surface area contributed by atoms with Gasteiger partial charge in [-0.1, -0.05) is 46.3 Å². The number of benzene rings is 2. The zero-order chi connectivity index (χ0) is 14.7. The summed E-state index contributed by atoms with van der Waals surface area (Å²) in [5.41, 5.74) is 2.70. The van der Waals surface area contributed by atoms with Crippen LogP contribution in [-0.2, 0) is 0 Å². The summed E-state index contributed by atoms with van der Waals surface area (Å²) in [7, 11) is 0. The van der Waals surface area contributed by atoms with Crippen molar-refractivity contribution < 1.29 is 0 Å². The lowest BCUT2D eigenvalue weighted by Gasteiger charge is -2.30. The highest BCUT2D eigenvalue weighted by molar-refractivity contribution is 9.11. The first-order valence-electron chi connectivity index (χ1n) is 7.49. The van der Waals surface area contributed by atoms with Crippen molar-refractivity contribution in [2.45, 2.75) is 37.6 Å². The number of nitrogens with one attached hydrogen (secondary N) is 1. The molecule has 1 aliphatic carbocycles. The second-order valence-corrected chi connectivity index (χ2v) is 7.50. The van der Waals surface area contributed by atoms with Gasteiger partial charge in [-0.2, -0.15) is 0 Å². The second-order valence-electron chi connectivity index (χ2n) is 5.73. The third-order valence-corrected chi connectivity index (χ3v) is 5.44. The first-order chi connectivity index (χ1) is 10.2. The van der Waals surface area contributed by atoms with Crippen molar-refractivity contribution in [3.63, 3.8) is 0 Å². The zero-order valence-corrected chi connectivity index (χ0v) is 15.0. The summed E-state index contributed by atoms with van der Waals surface area (Å²) in [6.45, 7) is 0. The van der Waals surface area contributed by atoms with E-state index in [1.165, 1.54) is 36.9 Å². The van der Waals surface area contributed by atoms with Crippen LogP contribution in [-0.4, -0.2) is 6.04 Å². The van der Waals surface area contributed by atoms with Gasteiger partial charge in [0.15, 0.2) is 0 Å². The van der Waals surface area contributed by atoms with E-state index in [2.05, 4.69) is 85.7 Å². The molecule has 1 N–H and O–H groups in total. The minimum Gasteiger partial charge on any atom is -0.381 e. The van der Waals surface area contributed by atoms with Crippen molar-refractivity contribution in [2.24, 2.45) is 0 Å². The van der Waals surface area contributed by atoms with Gasteiger partial charge in [-0.05, 0) is 71.3 Å². The fourth-order valence-corrected chi connectivity index (χ4v) is 4.28. The van der Waals surface area contributed by atoms with Crippen LogP contribution in [0.5, 0.6) is 0 Å². The van der Waals surface area contributed by atoms with Crippen molar-refractivity contribution in [2.75, 3.05) is 5.32 Å². The Balaban J connectivity index is 1.59. The van der Waals surface area contributed by atoms with Crippen LogP contribution in [0, 0.1) is 0 Å². The van der Waals surface area contributed by atoms with Crippen LogP contribution in [0.4, 0.5) is 5.69 Å². The highest BCUT2D eigenvalue weighted by atomic mass is 79.9. The van der Waals surface area contributed by atoms with Crippen molar-refractivity contribution in [1.82, 2.24) is 0 Å². The number of hydrogen-bond acceptors (Lipinski definition) is 1. The molecule has 0 heterocycles. The van der Waals surface area contributed by atoms with Gasteiger partial charge in [0, 0.05) is 20.7 Å². The van der Waals surface area contributed by atoms with E-state index in [1.54, 1.807) is 0 Å². The van der Waals surface area contributed by atoms with E-state index in [1.807, 2.05) is 0 Å². The van der Waals surface area contributed by atoms with Crippen LogP contribution in [0.15, 0.2) is 57.5 Å². The molecule has 0 bridgehead atoms. The lowest BCUT2D eigenvalue weighted by atomic mass is 9.82. The van der Waals surface area contributed by atoms with Gasteiger partial charge in [-0.15, -0.1) is 0 Å². The highest BCUT2D eigenvalue weighted by Crippen LogP contribution is 2.35. The van der Waals surface area contributed by atoms with Gasteiger partial charge >= 0.3 is 0 Å². The van der Waals surface area contributed by atoms with Crippen LogP contribution in [0.2, 0.25) is 0 Å². The smallest absolute Gasteiger partial charge is 0.0487 e. The highest BCUT2D eigenvalue weighted by Gasteiger charge is 2.22. The van der Waals surface area contributed by atoms with Gasteiger partial charge in [-0.3, -0.25) is 0 Å². The van der Waals surface area contributed by atoms with Gasteiger partial charge in [0.1, 0.15) is 0 Å². The fraction of sp³-hybridized carbons (Fsp3) is 0.333. The first-order valence-corrected chi connectivity index (χ1v) is 9.07. The minimum atomic E-state index is 0.586. The fourth-order valence-electron chi connectivity index (χ4n) is 3.12. The molecule has 0 aromatic heterocycles. The molecule has 2 aromatic rings. The monoisotopic (exact) mass is 407 g/mol. The third kappa shape index (κ3) is 3.89. The SMILES string of the molecule is Brc1ccc(NC2CCC(c3ccccc3)CC2)c(Br)c1. The Kier molecular flexibility index (Phi) is 5.02. The quantitative estimate of drug-likeness (QED) is 0.623. The predicted octanol–water partition coefficient (Wildman–Crippen LogP) is 6.35. The average molecular weight is 409 g/mol. The molecule has 1 saturated carbocycles. The number of anilines is 1. The molecule has 3 heteroatoms. The second kappa shape index (κ2) is 6.97. The summed E-state index contributed by atoms with van der Waals surface area (Å²) in [5.74, 6) is 0.734. The lowest BCUT2D eigenvalue weighted by molar-refractivity contribution is 0.412. The Labute approximate surface area is 143 Å². The van der Waals surface area contributed by atoms with Gasteiger partial charge in [0.2, 0.25) is 0 Å². The van der Waals surface area contributed by atoms with Crippen LogP contribution in [0.3, 0.4) is 0 Å². The Hall–Kier alpha value is -0.800. The van der Waals surface area contributed by atoms with Gasteiger partial charge in [-0.25, -0.2) is 0 Å². The summed E-state index contributed by atoms with van der Waals surface area (Å²) in [6, 6.07) is 17.8. The first kappa shape index (κ1) is 15.1. The number of hydrogen-bond donors (Lipinski definition) is 1. The van der Waals surface area contributed by atoms with E-state index in [4.69, 9.17) is 0 Å². The molecule has 0 saturated heterocycles. The van der Waals surface area contributed by atoms with Crippen molar-refractivity contribution in [3.8, 4) is 0 Å². The Morgan fingerprint density at radius 1 is 0.857 bits per heavy atom. The van der Waals surface area contributed by atoms with E-state index < -0.39 is 0 Å². The molecular weight excluding hydrogens is 390 g/mol. The molecule has 1 fully saturated rings. The molecule has 0 atom stereocenters. The molecule has 0 unspecified atom stereocenters. The molecule has 0 spiro atoms. The summed E-state index contributed by atoms with van der Waals surface area (Å²) in [4.78, 5) is 0. The van der Waals surface area contributed by atoms with E-state index in [0.717, 1.165) is 14.9 Å². The van der Waals surface area contributed by atoms with Crippen molar-refractivity contribution in [3.05, 3.63) is 63.0 Å². The summed E-state index contributed by atoms with van der Waals surface area (Å²) in [6.07, 6.45) is 5.02. The van der Waals surface area contributed by atoms with Crippen LogP contribution >= 0.6 is 31.9 Å². The predicted molar refractivity (Wildman–Crippen MR) is 96.9 cm³/mol. The molecule has 21 heavy (non-hydrogen) atoms. The zero-order valence-electron chi connectivity index (χ0n) is 11.9. The van der Waals surface area contributed by atoms with Crippen molar-refractivity contribution in [1.29, 1.82) is 0 Å². The molecule has 1 nitrogen and oxygen atoms in total. The molecule has 0 radical (unpaired) electrons. The Morgan fingerprint density at radius 3 is 2.24 bits per heavy atom. The van der Waals surface area contributed by atoms with E-state index in [9.17, 15) is 0 Å². The molecule has 0 aliphatic heterocycles. The molecule has 0 amide bonds. The Bertz CT molecular complexity index is 589. The topological polar surface area (TPSA) is 12.0 Å². The lowest BCUT2D eigenvalue weighted by Crippen LogP contribution is -2.25. The molecule has 110 valence electrons. The van der Waals surface area contributed by atoms with E-state index in [-0.39, 0.29) is 0 Å². The molecule has 1 aliphatic rings. The number of rotatable bonds is 3. The van der Waals surface area contributed by atoms with Gasteiger partial charge < -0.3 is 5.32 Å². The van der Waals surface area contributed by atoms with Gasteiger partial charge in [0.05, 0.1) is 0 Å². The van der Waals surface area contributed by atoms with E-state index in [0.29, 0.717) is 6.04 Å². The standard InChI is InChI=1S/C18H19Br2N/c19-15-8-11-18(17(20)12-15)21-16-9-6-14(7-10-16)13-4-2-1-3-5-13/h1-5,8,11-12,14,16,21H,6-7,9-10H2. The van der Waals surface area contributed by atoms with Gasteiger partial charge in [0.25, 0.3) is 0 Å². The molecule has 3 rings (SSSR count). The molecular formula is C18H19Br2N. The average Bonchev–Trinajstić information content (AvgIpc) is 2.52. The van der Waals surface area contributed by atoms with Crippen LogP contribution < -0.4 is 5.32 Å².